The number of hydrogen-bond donors (Lipinski definition) is 1. The molecule has 0 atom stereocenters. The number of benzene rings is 1. The first-order chi connectivity index (χ1) is 10.8. The highest BCUT2D eigenvalue weighted by atomic mass is 19.4. The summed E-state index contributed by atoms with van der Waals surface area (Å²) in [5.41, 5.74) is -0.262. The van der Waals surface area contributed by atoms with Gasteiger partial charge in [0, 0.05) is 13.1 Å². The molecule has 1 aromatic carbocycles. The minimum Gasteiger partial charge on any atom is -0.324 e. The van der Waals surface area contributed by atoms with Crippen molar-refractivity contribution in [3.05, 3.63) is 35.9 Å². The molecule has 0 aliphatic carbocycles. The Hall–Kier alpha value is -1.79. The van der Waals surface area contributed by atoms with E-state index in [4.69, 9.17) is 0 Å². The SMILES string of the molecule is O=C(NC(F)(F)F)N1CCC(F)(CCCc2ccccc2)CC1. The van der Waals surface area contributed by atoms with E-state index in [-0.39, 0.29) is 25.9 Å². The molecule has 1 aliphatic heterocycles. The summed E-state index contributed by atoms with van der Waals surface area (Å²) < 4.78 is 51.0. The van der Waals surface area contributed by atoms with Crippen molar-refractivity contribution in [1.29, 1.82) is 0 Å². The molecule has 1 aliphatic rings. The zero-order valence-corrected chi connectivity index (χ0v) is 12.7. The summed E-state index contributed by atoms with van der Waals surface area (Å²) in [7, 11) is 0. The van der Waals surface area contributed by atoms with Gasteiger partial charge in [0.05, 0.1) is 0 Å². The zero-order valence-electron chi connectivity index (χ0n) is 12.7. The Morgan fingerprint density at radius 2 is 1.78 bits per heavy atom. The van der Waals surface area contributed by atoms with Crippen molar-refractivity contribution in [2.75, 3.05) is 13.1 Å². The molecule has 7 heteroatoms. The molecule has 0 aromatic heterocycles. The van der Waals surface area contributed by atoms with Crippen molar-refractivity contribution in [1.82, 2.24) is 10.2 Å². The number of carbonyl (C=O) groups excluding carboxylic acids is 1. The zero-order chi connectivity index (χ0) is 16.9. The smallest absolute Gasteiger partial charge is 0.324 e. The van der Waals surface area contributed by atoms with E-state index < -0.39 is 18.0 Å². The number of amides is 2. The van der Waals surface area contributed by atoms with E-state index in [0.29, 0.717) is 12.8 Å². The highest BCUT2D eigenvalue weighted by Gasteiger charge is 2.38. The van der Waals surface area contributed by atoms with Crippen LogP contribution in [0, 0.1) is 0 Å². The topological polar surface area (TPSA) is 32.3 Å². The first-order valence-electron chi connectivity index (χ1n) is 7.64. The molecule has 2 rings (SSSR count). The molecule has 1 aromatic rings. The quantitative estimate of drug-likeness (QED) is 0.655. The van der Waals surface area contributed by atoms with Gasteiger partial charge in [0.1, 0.15) is 5.67 Å². The molecular formula is C16H20F4N2O. The van der Waals surface area contributed by atoms with Crippen LogP contribution in [0.25, 0.3) is 0 Å². The van der Waals surface area contributed by atoms with Crippen LogP contribution >= 0.6 is 0 Å². The van der Waals surface area contributed by atoms with Crippen molar-refractivity contribution < 1.29 is 22.4 Å². The van der Waals surface area contributed by atoms with Gasteiger partial charge < -0.3 is 4.90 Å². The van der Waals surface area contributed by atoms with Gasteiger partial charge in [0.15, 0.2) is 0 Å². The minimum absolute atomic E-state index is 0.00372. The van der Waals surface area contributed by atoms with Gasteiger partial charge in [-0.25, -0.2) is 14.5 Å². The van der Waals surface area contributed by atoms with Crippen LogP contribution in [-0.4, -0.2) is 36.0 Å². The van der Waals surface area contributed by atoms with E-state index in [9.17, 15) is 22.4 Å². The summed E-state index contributed by atoms with van der Waals surface area (Å²) >= 11 is 0. The number of piperidine rings is 1. The number of aryl methyl sites for hydroxylation is 1. The van der Waals surface area contributed by atoms with E-state index >= 15 is 0 Å². The molecule has 1 N–H and O–H groups in total. The van der Waals surface area contributed by atoms with E-state index in [2.05, 4.69) is 0 Å². The van der Waals surface area contributed by atoms with Crippen LogP contribution in [0.3, 0.4) is 0 Å². The van der Waals surface area contributed by atoms with Crippen molar-refractivity contribution in [3.8, 4) is 0 Å². The Morgan fingerprint density at radius 3 is 2.35 bits per heavy atom. The van der Waals surface area contributed by atoms with Gasteiger partial charge in [0.25, 0.3) is 0 Å². The first-order valence-corrected chi connectivity index (χ1v) is 7.64. The summed E-state index contributed by atoms with van der Waals surface area (Å²) in [6.45, 7) is 0.00744. The second-order valence-corrected chi connectivity index (χ2v) is 5.91. The molecule has 1 fully saturated rings. The molecule has 0 spiro atoms. The molecule has 1 saturated heterocycles. The molecular weight excluding hydrogens is 312 g/mol. The van der Waals surface area contributed by atoms with Gasteiger partial charge in [-0.15, -0.1) is 0 Å². The van der Waals surface area contributed by atoms with E-state index in [1.807, 2.05) is 30.3 Å². The number of halogens is 4. The number of nitrogens with zero attached hydrogens (tertiary/aromatic N) is 1. The molecule has 3 nitrogen and oxygen atoms in total. The Balaban J connectivity index is 1.75. The van der Waals surface area contributed by atoms with Crippen LogP contribution in [0.5, 0.6) is 0 Å². The molecule has 2 amide bonds. The molecule has 128 valence electrons. The number of likely N-dealkylation sites (tertiary alicyclic amines) is 1. The van der Waals surface area contributed by atoms with Gasteiger partial charge in [-0.3, -0.25) is 0 Å². The summed E-state index contributed by atoms with van der Waals surface area (Å²) in [6, 6.07) is 8.53. The fourth-order valence-corrected chi connectivity index (χ4v) is 2.81. The van der Waals surface area contributed by atoms with Crippen LogP contribution in [0.15, 0.2) is 30.3 Å². The van der Waals surface area contributed by atoms with Crippen molar-refractivity contribution in [2.45, 2.75) is 44.1 Å². The third-order valence-electron chi connectivity index (χ3n) is 4.13. The number of rotatable bonds is 4. The Kier molecular flexibility index (Phi) is 5.49. The second kappa shape index (κ2) is 7.19. The summed E-state index contributed by atoms with van der Waals surface area (Å²) in [5, 5.41) is 0.945. The lowest BCUT2D eigenvalue weighted by Crippen LogP contribution is -2.51. The number of hydrogen-bond acceptors (Lipinski definition) is 1. The minimum atomic E-state index is -4.75. The molecule has 1 heterocycles. The van der Waals surface area contributed by atoms with Gasteiger partial charge in [-0.1, -0.05) is 30.3 Å². The van der Waals surface area contributed by atoms with E-state index in [0.717, 1.165) is 22.2 Å². The summed E-state index contributed by atoms with van der Waals surface area (Å²) in [5.74, 6) is 0. The molecule has 0 saturated carbocycles. The van der Waals surface area contributed by atoms with Crippen molar-refractivity contribution in [2.24, 2.45) is 0 Å². The standard InChI is InChI=1S/C16H20F4N2O/c17-15(8-4-7-13-5-2-1-3-6-13)9-11-22(12-10-15)14(23)21-16(18,19)20/h1-3,5-6H,4,7-12H2,(H,21,23). The fourth-order valence-electron chi connectivity index (χ4n) is 2.81. The number of alkyl halides is 4. The Morgan fingerprint density at radius 1 is 1.17 bits per heavy atom. The lowest BCUT2D eigenvalue weighted by atomic mass is 9.87. The van der Waals surface area contributed by atoms with Gasteiger partial charge in [0.2, 0.25) is 0 Å². The number of nitrogens with one attached hydrogen (secondary N) is 1. The van der Waals surface area contributed by atoms with E-state index in [1.165, 1.54) is 0 Å². The van der Waals surface area contributed by atoms with Crippen molar-refractivity contribution in [3.63, 3.8) is 0 Å². The predicted octanol–water partition coefficient (Wildman–Crippen LogP) is 4.04. The monoisotopic (exact) mass is 332 g/mol. The van der Waals surface area contributed by atoms with Crippen LogP contribution in [0.1, 0.15) is 31.2 Å². The number of carbonyl (C=O) groups is 1. The lowest BCUT2D eigenvalue weighted by molar-refractivity contribution is -0.147. The highest BCUT2D eigenvalue weighted by molar-refractivity contribution is 5.74. The first kappa shape index (κ1) is 17.6. The maximum absolute atomic E-state index is 14.7. The summed E-state index contributed by atoms with van der Waals surface area (Å²) in [6.07, 6.45) is -2.80. The van der Waals surface area contributed by atoms with Gasteiger partial charge in [-0.2, -0.15) is 13.2 Å². The average Bonchev–Trinajstić information content (AvgIpc) is 2.47. The third-order valence-corrected chi connectivity index (χ3v) is 4.13. The molecule has 0 radical (unpaired) electrons. The highest BCUT2D eigenvalue weighted by Crippen LogP contribution is 2.32. The third kappa shape index (κ3) is 5.73. The largest absolute Gasteiger partial charge is 0.485 e. The fraction of sp³-hybridized carbons (Fsp3) is 0.562. The Labute approximate surface area is 132 Å². The van der Waals surface area contributed by atoms with Crippen LogP contribution in [-0.2, 0) is 6.42 Å². The Bertz CT molecular complexity index is 511. The normalized spacial score (nSPS) is 17.8. The van der Waals surface area contributed by atoms with Gasteiger partial charge in [-0.05, 0) is 37.7 Å². The number of urea groups is 1. The van der Waals surface area contributed by atoms with Crippen LogP contribution < -0.4 is 5.32 Å². The maximum atomic E-state index is 14.7. The maximum Gasteiger partial charge on any atom is 0.485 e. The molecule has 23 heavy (non-hydrogen) atoms. The lowest BCUT2D eigenvalue weighted by Gasteiger charge is -2.36. The second-order valence-electron chi connectivity index (χ2n) is 5.91. The van der Waals surface area contributed by atoms with Crippen LogP contribution in [0.4, 0.5) is 22.4 Å². The molecule has 0 unspecified atom stereocenters. The predicted molar refractivity (Wildman–Crippen MR) is 78.6 cm³/mol. The van der Waals surface area contributed by atoms with Crippen LogP contribution in [0.2, 0.25) is 0 Å². The average molecular weight is 332 g/mol. The molecule has 0 bridgehead atoms. The van der Waals surface area contributed by atoms with E-state index in [1.54, 1.807) is 0 Å². The summed E-state index contributed by atoms with van der Waals surface area (Å²) in [4.78, 5) is 12.4. The van der Waals surface area contributed by atoms with Gasteiger partial charge >= 0.3 is 12.3 Å². The van der Waals surface area contributed by atoms with Crippen molar-refractivity contribution >= 4 is 6.03 Å².